The normalized spacial score (nSPS) is 18.2. The van der Waals surface area contributed by atoms with Crippen LogP contribution in [0.2, 0.25) is 0 Å². The summed E-state index contributed by atoms with van der Waals surface area (Å²) in [4.78, 5) is 8.08. The van der Waals surface area contributed by atoms with Gasteiger partial charge in [0.25, 0.3) is 5.82 Å². The van der Waals surface area contributed by atoms with Crippen LogP contribution in [-0.2, 0) is 17.8 Å². The van der Waals surface area contributed by atoms with E-state index in [2.05, 4.69) is 60.4 Å². The summed E-state index contributed by atoms with van der Waals surface area (Å²) in [5.41, 5.74) is 3.99. The second-order valence-corrected chi connectivity index (χ2v) is 9.05. The van der Waals surface area contributed by atoms with Gasteiger partial charge in [-0.15, -0.1) is 6.58 Å². The van der Waals surface area contributed by atoms with E-state index in [1.165, 1.54) is 5.69 Å². The molecule has 1 fully saturated rings. The highest BCUT2D eigenvalue weighted by atomic mass is 32.1. The van der Waals surface area contributed by atoms with E-state index in [-0.39, 0.29) is 5.60 Å². The molecular weight excluding hydrogens is 382 g/mol. The van der Waals surface area contributed by atoms with Gasteiger partial charge in [-0.1, -0.05) is 19.9 Å². The van der Waals surface area contributed by atoms with Gasteiger partial charge in [-0.25, -0.2) is 4.98 Å². The van der Waals surface area contributed by atoms with E-state index in [1.807, 2.05) is 6.08 Å². The highest BCUT2D eigenvalue weighted by Gasteiger charge is 2.37. The van der Waals surface area contributed by atoms with Crippen molar-refractivity contribution in [2.45, 2.75) is 52.2 Å². The van der Waals surface area contributed by atoms with Crippen molar-refractivity contribution in [3.8, 4) is 6.07 Å². The summed E-state index contributed by atoms with van der Waals surface area (Å²) < 4.78 is 6.06. The first kappa shape index (κ1) is 21.5. The molecule has 0 amide bonds. The number of nitrogens with one attached hydrogen (secondary N) is 2. The molecule has 0 bridgehead atoms. The molecule has 156 valence electrons. The first-order chi connectivity index (χ1) is 13.8. The molecule has 1 aromatic heterocycles. The minimum absolute atomic E-state index is 0.257. The Bertz CT molecular complexity index is 835. The first-order valence-corrected chi connectivity index (χ1v) is 10.7. The highest BCUT2D eigenvalue weighted by molar-refractivity contribution is 7.80. The second kappa shape index (κ2) is 8.68. The number of pyridine rings is 1. The first-order valence-electron chi connectivity index (χ1n) is 10.3. The van der Waals surface area contributed by atoms with Gasteiger partial charge in [-0.3, -0.25) is 4.90 Å². The number of thiocarbonyl (C=S) groups is 1. The Labute approximate surface area is 179 Å². The molecule has 2 aliphatic rings. The smallest absolute Gasteiger partial charge is 0.293 e. The molecule has 0 aliphatic carbocycles. The molecule has 7 heteroatoms. The third-order valence-corrected chi connectivity index (χ3v) is 6.06. The average Bonchev–Trinajstić information content (AvgIpc) is 2.70. The summed E-state index contributed by atoms with van der Waals surface area (Å²) in [6, 6.07) is 2.50. The van der Waals surface area contributed by atoms with E-state index in [4.69, 9.17) is 17.0 Å². The highest BCUT2D eigenvalue weighted by Crippen LogP contribution is 2.35. The standard InChI is InChI=1S/C22H31N5OS/c1-6-7-24-21(29)27-10-8-26(9-11-27)20-17(13-23)16-12-22(4,5)28-14-18(16)19(25-20)15(2)3/h6,15H,1,7-12,14H2,2-5H3,(H,24,29)/p+1. The molecule has 1 aromatic rings. The second-order valence-electron chi connectivity index (χ2n) is 8.66. The van der Waals surface area contributed by atoms with Crippen molar-refractivity contribution >= 4 is 23.1 Å². The number of piperazine rings is 1. The van der Waals surface area contributed by atoms with Crippen LogP contribution in [0.25, 0.3) is 0 Å². The summed E-state index contributed by atoms with van der Waals surface area (Å²) >= 11 is 5.48. The molecule has 3 heterocycles. The van der Waals surface area contributed by atoms with Crippen molar-refractivity contribution in [3.05, 3.63) is 35.0 Å². The van der Waals surface area contributed by atoms with Crippen LogP contribution in [0.5, 0.6) is 0 Å². The summed E-state index contributed by atoms with van der Waals surface area (Å²) in [6.45, 7) is 16.8. The number of nitriles is 1. The lowest BCUT2D eigenvalue weighted by Crippen LogP contribution is -2.53. The van der Waals surface area contributed by atoms with Crippen LogP contribution >= 0.6 is 12.2 Å². The van der Waals surface area contributed by atoms with Crippen LogP contribution in [0, 0.1) is 11.3 Å². The van der Waals surface area contributed by atoms with E-state index in [9.17, 15) is 5.26 Å². The summed E-state index contributed by atoms with van der Waals surface area (Å²) in [5, 5.41) is 14.0. The van der Waals surface area contributed by atoms with Crippen molar-refractivity contribution in [1.82, 2.24) is 10.2 Å². The van der Waals surface area contributed by atoms with Crippen LogP contribution in [0.1, 0.15) is 56.0 Å². The topological polar surface area (TPSA) is 65.7 Å². The Morgan fingerprint density at radius 2 is 2.03 bits per heavy atom. The van der Waals surface area contributed by atoms with E-state index >= 15 is 0 Å². The molecule has 0 atom stereocenters. The molecule has 0 aromatic carbocycles. The number of fused-ring (bicyclic) bond motifs is 1. The van der Waals surface area contributed by atoms with Crippen molar-refractivity contribution in [3.63, 3.8) is 0 Å². The van der Waals surface area contributed by atoms with E-state index in [1.54, 1.807) is 0 Å². The lowest BCUT2D eigenvalue weighted by molar-refractivity contribution is -0.381. The zero-order chi connectivity index (χ0) is 21.2. The molecule has 29 heavy (non-hydrogen) atoms. The van der Waals surface area contributed by atoms with Crippen LogP contribution < -0.4 is 15.2 Å². The Hall–Kier alpha value is -2.17. The van der Waals surface area contributed by atoms with E-state index < -0.39 is 0 Å². The van der Waals surface area contributed by atoms with E-state index in [0.717, 1.165) is 60.2 Å². The van der Waals surface area contributed by atoms with Crippen LogP contribution in [0.15, 0.2) is 12.7 Å². The lowest BCUT2D eigenvalue weighted by Gasteiger charge is -2.36. The maximum atomic E-state index is 10.1. The summed E-state index contributed by atoms with van der Waals surface area (Å²) in [5.74, 6) is 1.27. The van der Waals surface area contributed by atoms with Gasteiger partial charge in [-0.05, 0) is 31.6 Å². The quantitative estimate of drug-likeness (QED) is 0.603. The predicted octanol–water partition coefficient (Wildman–Crippen LogP) is 2.53. The van der Waals surface area contributed by atoms with E-state index in [0.29, 0.717) is 19.1 Å². The average molecular weight is 415 g/mol. The SMILES string of the molecule is C=CCNC(=S)N1CCN(c2[nH+]c(C(C)C)c3c(c2C#N)CC(C)(C)OC3)CC1. The van der Waals surface area contributed by atoms with Gasteiger partial charge in [0.05, 0.1) is 25.3 Å². The third kappa shape index (κ3) is 4.54. The van der Waals surface area contributed by atoms with Crippen molar-refractivity contribution in [2.24, 2.45) is 0 Å². The number of rotatable bonds is 4. The number of ether oxygens (including phenoxy) is 1. The number of hydrogen-bond acceptors (Lipinski definition) is 4. The molecule has 2 aliphatic heterocycles. The van der Waals surface area contributed by atoms with Gasteiger partial charge in [-0.2, -0.15) is 5.26 Å². The molecular formula is C22H32N5OS+. The Morgan fingerprint density at radius 3 is 2.62 bits per heavy atom. The van der Waals surface area contributed by atoms with Crippen molar-refractivity contribution in [1.29, 1.82) is 5.26 Å². The largest absolute Gasteiger partial charge is 0.370 e. The zero-order valence-electron chi connectivity index (χ0n) is 18.0. The van der Waals surface area contributed by atoms with Gasteiger partial charge in [0.1, 0.15) is 30.4 Å². The molecule has 3 rings (SSSR count). The number of aromatic amines is 1. The number of hydrogen-bond donors (Lipinski definition) is 1. The fraction of sp³-hybridized carbons (Fsp3) is 0.591. The van der Waals surface area contributed by atoms with Crippen molar-refractivity contribution in [2.75, 3.05) is 37.6 Å². The molecule has 6 nitrogen and oxygen atoms in total. The van der Waals surface area contributed by atoms with Crippen LogP contribution in [0.3, 0.4) is 0 Å². The lowest BCUT2D eigenvalue weighted by atomic mass is 9.86. The number of nitrogens with zero attached hydrogens (tertiary/aromatic N) is 3. The molecule has 2 N–H and O–H groups in total. The molecule has 0 radical (unpaired) electrons. The summed E-state index contributed by atoms with van der Waals surface area (Å²) in [6.07, 6.45) is 2.56. The van der Waals surface area contributed by atoms with Gasteiger partial charge in [0.15, 0.2) is 5.11 Å². The number of H-pyrrole nitrogens is 1. The van der Waals surface area contributed by atoms with Gasteiger partial charge < -0.3 is 15.0 Å². The van der Waals surface area contributed by atoms with Crippen LogP contribution in [0.4, 0.5) is 5.82 Å². The number of aromatic nitrogens is 1. The van der Waals surface area contributed by atoms with Gasteiger partial charge >= 0.3 is 0 Å². The van der Waals surface area contributed by atoms with Crippen LogP contribution in [-0.4, -0.2) is 48.3 Å². The summed E-state index contributed by atoms with van der Waals surface area (Å²) in [7, 11) is 0. The molecule has 0 spiro atoms. The fourth-order valence-corrected chi connectivity index (χ4v) is 4.35. The number of anilines is 1. The van der Waals surface area contributed by atoms with Gasteiger partial charge in [0.2, 0.25) is 0 Å². The van der Waals surface area contributed by atoms with Crippen molar-refractivity contribution < 1.29 is 9.72 Å². The molecule has 1 saturated heterocycles. The monoisotopic (exact) mass is 414 g/mol. The minimum Gasteiger partial charge on any atom is -0.370 e. The predicted molar refractivity (Wildman–Crippen MR) is 119 cm³/mol. The fourth-order valence-electron chi connectivity index (χ4n) is 4.08. The zero-order valence-corrected chi connectivity index (χ0v) is 18.8. The Balaban J connectivity index is 1.90. The minimum atomic E-state index is -0.257. The Kier molecular flexibility index (Phi) is 6.45. The maximum absolute atomic E-state index is 10.1. The molecule has 0 unspecified atom stereocenters. The van der Waals surface area contributed by atoms with Gasteiger partial charge in [0, 0.05) is 24.4 Å². The Morgan fingerprint density at radius 1 is 1.34 bits per heavy atom. The third-order valence-electron chi connectivity index (χ3n) is 5.66. The maximum Gasteiger partial charge on any atom is 0.293 e. The molecule has 0 saturated carbocycles.